The van der Waals surface area contributed by atoms with Gasteiger partial charge in [-0.05, 0) is 0 Å². The van der Waals surface area contributed by atoms with E-state index in [0.29, 0.717) is 0 Å². The van der Waals surface area contributed by atoms with Crippen molar-refractivity contribution >= 4 is 18.4 Å². The van der Waals surface area contributed by atoms with Gasteiger partial charge in [0, 0.05) is 0 Å². The fraction of sp³-hybridized carbons (Fsp3) is 0.500. The largest absolute Gasteiger partial charge is 0.460 e. The minimum atomic E-state index is -0.931. The highest BCUT2D eigenvalue weighted by atomic mass is 35.5. The molecule has 5 heteroatoms. The Bertz CT molecular complexity index is 129. The van der Waals surface area contributed by atoms with E-state index in [1.807, 2.05) is 0 Å². The van der Waals surface area contributed by atoms with E-state index < -0.39 is 18.6 Å². The van der Waals surface area contributed by atoms with Gasteiger partial charge in [0.2, 0.25) is 0 Å². The van der Waals surface area contributed by atoms with Gasteiger partial charge in [-0.1, -0.05) is 12.7 Å². The standard InChI is InChI=1S/C6H11NO3.ClH/c1-2-3-10-6(9)5(7)4-8;/h2,5,8H,1,3-4,7H2;1H/t5-;/m1./s1. The number of carbonyl (C=O) groups is 1. The van der Waals surface area contributed by atoms with Crippen molar-refractivity contribution in [3.63, 3.8) is 0 Å². The number of aliphatic hydroxyl groups excluding tert-OH is 1. The second-order valence-corrected chi connectivity index (χ2v) is 1.71. The molecular formula is C6H12ClNO3. The lowest BCUT2D eigenvalue weighted by atomic mass is 10.3. The van der Waals surface area contributed by atoms with Crippen LogP contribution in [0.25, 0.3) is 0 Å². The molecule has 0 spiro atoms. The van der Waals surface area contributed by atoms with Gasteiger partial charge in [0.05, 0.1) is 6.61 Å². The van der Waals surface area contributed by atoms with E-state index in [0.717, 1.165) is 0 Å². The number of carbonyl (C=O) groups excluding carboxylic acids is 1. The molecule has 0 heterocycles. The van der Waals surface area contributed by atoms with Crippen molar-refractivity contribution in [2.45, 2.75) is 6.04 Å². The Labute approximate surface area is 71.4 Å². The average Bonchev–Trinajstić information content (AvgIpc) is 1.98. The third-order valence-corrected chi connectivity index (χ3v) is 0.843. The molecule has 0 radical (unpaired) electrons. The molecule has 0 aromatic carbocycles. The Hall–Kier alpha value is -0.580. The van der Waals surface area contributed by atoms with E-state index in [1.165, 1.54) is 6.08 Å². The van der Waals surface area contributed by atoms with Crippen molar-refractivity contribution in [3.8, 4) is 0 Å². The van der Waals surface area contributed by atoms with E-state index in [2.05, 4.69) is 11.3 Å². The van der Waals surface area contributed by atoms with Gasteiger partial charge < -0.3 is 15.6 Å². The molecule has 66 valence electrons. The lowest BCUT2D eigenvalue weighted by molar-refractivity contribution is -0.144. The van der Waals surface area contributed by atoms with Gasteiger partial charge in [0.1, 0.15) is 12.6 Å². The topological polar surface area (TPSA) is 72.5 Å². The van der Waals surface area contributed by atoms with E-state index in [9.17, 15) is 4.79 Å². The third-order valence-electron chi connectivity index (χ3n) is 0.843. The molecule has 3 N–H and O–H groups in total. The van der Waals surface area contributed by atoms with E-state index in [1.54, 1.807) is 0 Å². The number of halogens is 1. The van der Waals surface area contributed by atoms with Crippen LogP contribution in [0.15, 0.2) is 12.7 Å². The van der Waals surface area contributed by atoms with Crippen molar-refractivity contribution in [1.82, 2.24) is 0 Å². The summed E-state index contributed by atoms with van der Waals surface area (Å²) in [6.45, 7) is 3.08. The highest BCUT2D eigenvalue weighted by Crippen LogP contribution is 1.83. The van der Waals surface area contributed by atoms with Crippen LogP contribution in [0.4, 0.5) is 0 Å². The van der Waals surface area contributed by atoms with Crippen molar-refractivity contribution in [2.75, 3.05) is 13.2 Å². The number of aliphatic hydroxyl groups is 1. The molecule has 0 aliphatic carbocycles. The van der Waals surface area contributed by atoms with Crippen molar-refractivity contribution in [3.05, 3.63) is 12.7 Å². The van der Waals surface area contributed by atoms with Crippen LogP contribution in [-0.4, -0.2) is 30.3 Å². The Balaban J connectivity index is 0. The van der Waals surface area contributed by atoms with Gasteiger partial charge in [0.25, 0.3) is 0 Å². The van der Waals surface area contributed by atoms with Crippen LogP contribution in [0.3, 0.4) is 0 Å². The first kappa shape index (κ1) is 13.0. The van der Waals surface area contributed by atoms with E-state index in [4.69, 9.17) is 10.8 Å². The molecule has 0 aliphatic rings. The Morgan fingerprint density at radius 2 is 2.36 bits per heavy atom. The van der Waals surface area contributed by atoms with Crippen LogP contribution in [-0.2, 0) is 9.53 Å². The van der Waals surface area contributed by atoms with Gasteiger partial charge in [-0.25, -0.2) is 0 Å². The average molecular weight is 182 g/mol. The van der Waals surface area contributed by atoms with Crippen molar-refractivity contribution in [1.29, 1.82) is 0 Å². The van der Waals surface area contributed by atoms with Crippen LogP contribution >= 0.6 is 12.4 Å². The summed E-state index contributed by atoms with van der Waals surface area (Å²) in [6.07, 6.45) is 1.43. The van der Waals surface area contributed by atoms with Crippen LogP contribution in [0.5, 0.6) is 0 Å². The number of hydrogen-bond acceptors (Lipinski definition) is 4. The minimum Gasteiger partial charge on any atom is -0.460 e. The maximum absolute atomic E-state index is 10.6. The first-order valence-corrected chi connectivity index (χ1v) is 2.86. The number of hydrogen-bond donors (Lipinski definition) is 2. The zero-order valence-corrected chi connectivity index (χ0v) is 6.84. The van der Waals surface area contributed by atoms with Gasteiger partial charge >= 0.3 is 5.97 Å². The lowest BCUT2D eigenvalue weighted by Crippen LogP contribution is -2.35. The molecule has 0 aliphatic heterocycles. The van der Waals surface area contributed by atoms with E-state index in [-0.39, 0.29) is 19.0 Å². The van der Waals surface area contributed by atoms with Crippen LogP contribution in [0.1, 0.15) is 0 Å². The molecule has 0 saturated carbocycles. The Kier molecular flexibility index (Phi) is 8.92. The second kappa shape index (κ2) is 7.53. The highest BCUT2D eigenvalue weighted by molar-refractivity contribution is 5.85. The number of rotatable bonds is 4. The van der Waals surface area contributed by atoms with Gasteiger partial charge in [-0.2, -0.15) is 0 Å². The zero-order valence-electron chi connectivity index (χ0n) is 6.03. The SMILES string of the molecule is C=CCOC(=O)[C@H](N)CO.Cl. The quantitative estimate of drug-likeness (QED) is 0.451. The molecule has 11 heavy (non-hydrogen) atoms. The predicted octanol–water partition coefficient (Wildman–Crippen LogP) is -0.543. The summed E-state index contributed by atoms with van der Waals surface area (Å²) in [6, 6.07) is -0.931. The molecule has 0 aromatic rings. The number of ether oxygens (including phenoxy) is 1. The predicted molar refractivity (Wildman–Crippen MR) is 43.5 cm³/mol. The summed E-state index contributed by atoms with van der Waals surface area (Å²) in [5.74, 6) is -0.609. The van der Waals surface area contributed by atoms with E-state index >= 15 is 0 Å². The van der Waals surface area contributed by atoms with Gasteiger partial charge in [0.15, 0.2) is 0 Å². The maximum Gasteiger partial charge on any atom is 0.325 e. The first-order valence-electron chi connectivity index (χ1n) is 2.86. The fourth-order valence-electron chi connectivity index (χ4n) is 0.323. The zero-order chi connectivity index (χ0) is 7.98. The molecule has 0 bridgehead atoms. The third kappa shape index (κ3) is 5.84. The minimum absolute atomic E-state index is 0. The number of esters is 1. The highest BCUT2D eigenvalue weighted by Gasteiger charge is 2.11. The summed E-state index contributed by atoms with van der Waals surface area (Å²) < 4.78 is 4.50. The summed E-state index contributed by atoms with van der Waals surface area (Å²) in [4.78, 5) is 10.6. The summed E-state index contributed by atoms with van der Waals surface area (Å²) in [5, 5.41) is 8.35. The monoisotopic (exact) mass is 181 g/mol. The molecule has 0 rings (SSSR count). The van der Waals surface area contributed by atoms with Gasteiger partial charge in [-0.3, -0.25) is 4.79 Å². The maximum atomic E-state index is 10.6. The Morgan fingerprint density at radius 1 is 1.82 bits per heavy atom. The lowest BCUT2D eigenvalue weighted by Gasteiger charge is -2.05. The van der Waals surface area contributed by atoms with Gasteiger partial charge in [-0.15, -0.1) is 12.4 Å². The summed E-state index contributed by atoms with van der Waals surface area (Å²) in [5.41, 5.74) is 5.10. The second-order valence-electron chi connectivity index (χ2n) is 1.71. The van der Waals surface area contributed by atoms with Crippen molar-refractivity contribution in [2.24, 2.45) is 5.73 Å². The smallest absolute Gasteiger partial charge is 0.325 e. The Morgan fingerprint density at radius 3 is 2.73 bits per heavy atom. The molecule has 4 nitrogen and oxygen atoms in total. The molecule has 1 atom stereocenters. The molecule has 0 fully saturated rings. The summed E-state index contributed by atoms with van der Waals surface area (Å²) in [7, 11) is 0. The van der Waals surface area contributed by atoms with Crippen molar-refractivity contribution < 1.29 is 14.6 Å². The number of nitrogens with two attached hydrogens (primary N) is 1. The van der Waals surface area contributed by atoms with Crippen LogP contribution < -0.4 is 5.73 Å². The normalized spacial score (nSPS) is 11.1. The fourth-order valence-corrected chi connectivity index (χ4v) is 0.323. The molecule has 0 saturated heterocycles. The first-order chi connectivity index (χ1) is 4.72. The van der Waals surface area contributed by atoms with Crippen LogP contribution in [0, 0.1) is 0 Å². The molecular weight excluding hydrogens is 170 g/mol. The molecule has 0 unspecified atom stereocenters. The summed E-state index contributed by atoms with van der Waals surface area (Å²) >= 11 is 0. The molecule has 0 aromatic heterocycles. The molecule has 0 amide bonds. The van der Waals surface area contributed by atoms with Crippen LogP contribution in [0.2, 0.25) is 0 Å².